The highest BCUT2D eigenvalue weighted by Crippen LogP contribution is 2.45. The van der Waals surface area contributed by atoms with Crippen LogP contribution in [0, 0.1) is 0 Å². The molecule has 0 aliphatic rings. The number of phosphoric acid groups is 2. The van der Waals surface area contributed by atoms with Gasteiger partial charge >= 0.3 is 33.6 Å². The Labute approximate surface area is 585 Å². The van der Waals surface area contributed by atoms with Crippen LogP contribution in [-0.4, -0.2) is 95.9 Å². The molecule has 0 saturated carbocycles. The molecule has 0 aromatic rings. The Balaban J connectivity index is 4.75. The van der Waals surface area contributed by atoms with Crippen LogP contribution in [0.15, 0.2) is 194 Å². The van der Waals surface area contributed by atoms with Crippen LogP contribution in [0.4, 0.5) is 0 Å². The molecule has 4 N–H and O–H groups in total. The van der Waals surface area contributed by atoms with Gasteiger partial charge in [0, 0.05) is 19.3 Å². The topological polar surface area (TPSA) is 231 Å². The van der Waals surface area contributed by atoms with Crippen molar-refractivity contribution >= 4 is 33.6 Å². The molecule has 5 atom stereocenters. The highest BCUT2D eigenvalue weighted by atomic mass is 31.2. The summed E-state index contributed by atoms with van der Waals surface area (Å²) in [4.78, 5) is 58.5. The maximum atomic E-state index is 12.9. The maximum absolute atomic E-state index is 12.9. The summed E-state index contributed by atoms with van der Waals surface area (Å²) >= 11 is 0. The number of unbranched alkanes of at least 4 members (excludes halogenated alkanes) is 10. The van der Waals surface area contributed by atoms with Crippen molar-refractivity contribution in [2.75, 3.05) is 39.6 Å². The number of aliphatic hydroxyl groups excluding tert-OH is 2. The second-order valence-electron chi connectivity index (χ2n) is 22.9. The molecule has 0 radical (unpaired) electrons. The first kappa shape index (κ1) is 91.4. The summed E-state index contributed by atoms with van der Waals surface area (Å²) in [5, 5.41) is 20.6. The Morgan fingerprint density at radius 2 is 0.526 bits per heavy atom. The molecule has 18 heteroatoms. The molecule has 97 heavy (non-hydrogen) atoms. The summed E-state index contributed by atoms with van der Waals surface area (Å²) in [6.45, 7) is 2.16. The van der Waals surface area contributed by atoms with E-state index in [1.54, 1.807) is 0 Å². The smallest absolute Gasteiger partial charge is 0.463 e. The molecule has 0 rings (SSSR count). The lowest BCUT2D eigenvalue weighted by Crippen LogP contribution is -2.30. The molecule has 0 bridgehead atoms. The maximum Gasteiger partial charge on any atom is 0.472 e. The number of allylic oxidation sites excluding steroid dienone is 32. The number of phosphoric ester groups is 2. The van der Waals surface area contributed by atoms with Gasteiger partial charge in [-0.2, -0.15) is 0 Å². The summed E-state index contributed by atoms with van der Waals surface area (Å²) < 4.78 is 60.9. The van der Waals surface area contributed by atoms with Crippen LogP contribution in [0.5, 0.6) is 0 Å². The Morgan fingerprint density at radius 3 is 0.856 bits per heavy atom. The predicted octanol–water partition coefficient (Wildman–Crippen LogP) is 20.4. The lowest BCUT2D eigenvalue weighted by Gasteiger charge is -2.21. The SMILES string of the molecule is CC/C=C\C/C=C\C/C=C\C/C=C\C/C=C\C/C=C\CCCCCCCCC(=O)OCC(O)COP(=O)(O)OCC(O)COP(=O)(O)OCC(COC(=O)CCCCC/C=C\C/C=C\C/C=C\C/C=C\C/C=C\CC)OC(=O)CCC/C=C\C/C=C\C/C=C\C/C=C\C/C=C\CC. The average Bonchev–Trinajstić information content (AvgIpc) is 2.50. The van der Waals surface area contributed by atoms with E-state index in [4.69, 9.17) is 32.3 Å². The largest absolute Gasteiger partial charge is 0.472 e. The second kappa shape index (κ2) is 70.3. The molecule has 16 nitrogen and oxygen atoms in total. The van der Waals surface area contributed by atoms with Crippen molar-refractivity contribution in [2.45, 2.75) is 245 Å². The zero-order chi connectivity index (χ0) is 70.9. The van der Waals surface area contributed by atoms with Gasteiger partial charge in [0.25, 0.3) is 0 Å². The monoisotopic (exact) mass is 1390 g/mol. The highest BCUT2D eigenvalue weighted by Gasteiger charge is 2.29. The summed E-state index contributed by atoms with van der Waals surface area (Å²) in [6, 6.07) is 0. The number of esters is 3. The first-order valence-electron chi connectivity index (χ1n) is 35.7. The van der Waals surface area contributed by atoms with Crippen molar-refractivity contribution in [1.29, 1.82) is 0 Å². The number of hydrogen-bond donors (Lipinski definition) is 4. The number of hydrogen-bond acceptors (Lipinski definition) is 14. The summed E-state index contributed by atoms with van der Waals surface area (Å²) in [7, 11) is -9.84. The van der Waals surface area contributed by atoms with E-state index >= 15 is 0 Å². The zero-order valence-corrected chi connectivity index (χ0v) is 60.9. The van der Waals surface area contributed by atoms with Gasteiger partial charge in [-0.1, -0.05) is 247 Å². The molecule has 0 heterocycles. The van der Waals surface area contributed by atoms with Gasteiger partial charge in [0.15, 0.2) is 6.10 Å². The van der Waals surface area contributed by atoms with Crippen LogP contribution in [0.25, 0.3) is 0 Å². The third-order valence-corrected chi connectivity index (χ3v) is 15.7. The molecule has 0 saturated heterocycles. The summed E-state index contributed by atoms with van der Waals surface area (Å²) in [6.07, 6.45) is 90.6. The number of rotatable bonds is 65. The fourth-order valence-electron chi connectivity index (χ4n) is 8.46. The van der Waals surface area contributed by atoms with E-state index < -0.39 is 91.5 Å². The van der Waals surface area contributed by atoms with Crippen LogP contribution < -0.4 is 0 Å². The average molecular weight is 1390 g/mol. The zero-order valence-electron chi connectivity index (χ0n) is 59.2. The van der Waals surface area contributed by atoms with Gasteiger partial charge in [-0.25, -0.2) is 9.13 Å². The number of carbonyl (C=O) groups is 3. The van der Waals surface area contributed by atoms with Gasteiger partial charge in [0.05, 0.1) is 26.4 Å². The molecule has 0 fully saturated rings. The molecule has 0 aromatic carbocycles. The normalized spacial score (nSPS) is 15.2. The Bertz CT molecular complexity index is 2540. The highest BCUT2D eigenvalue weighted by molar-refractivity contribution is 7.47. The Morgan fingerprint density at radius 1 is 0.289 bits per heavy atom. The van der Waals surface area contributed by atoms with E-state index in [1.807, 2.05) is 12.2 Å². The molecular formula is C79H124O16P2. The minimum atomic E-state index is -4.96. The number of carbonyl (C=O) groups excluding carboxylic acids is 3. The first-order valence-corrected chi connectivity index (χ1v) is 38.7. The van der Waals surface area contributed by atoms with Gasteiger partial charge < -0.3 is 34.2 Å². The lowest BCUT2D eigenvalue weighted by molar-refractivity contribution is -0.161. The quantitative estimate of drug-likeness (QED) is 0.0146. The molecule has 0 spiro atoms. The van der Waals surface area contributed by atoms with Gasteiger partial charge in [0.2, 0.25) is 0 Å². The van der Waals surface area contributed by atoms with E-state index in [0.717, 1.165) is 161 Å². The molecule has 546 valence electrons. The van der Waals surface area contributed by atoms with Crippen LogP contribution in [-0.2, 0) is 55.8 Å². The van der Waals surface area contributed by atoms with Gasteiger partial charge in [-0.05, 0) is 154 Å². The molecule has 0 aromatic heterocycles. The lowest BCUT2D eigenvalue weighted by atomic mass is 10.1. The van der Waals surface area contributed by atoms with Crippen LogP contribution in [0.2, 0.25) is 0 Å². The second-order valence-corrected chi connectivity index (χ2v) is 25.8. The third-order valence-electron chi connectivity index (χ3n) is 13.8. The fourth-order valence-corrected chi connectivity index (χ4v) is 10.0. The van der Waals surface area contributed by atoms with E-state index in [-0.39, 0.29) is 19.3 Å². The van der Waals surface area contributed by atoms with Crippen molar-refractivity contribution < 1.29 is 75.8 Å². The van der Waals surface area contributed by atoms with Gasteiger partial charge in [-0.15, -0.1) is 0 Å². The first-order chi connectivity index (χ1) is 47.2. The standard InChI is InChI=1S/C79H124O16P2/c1-4-7-10-13-16-19-22-25-28-31-33-34-35-36-37-38-40-43-44-47-50-53-56-59-62-65-77(82)89-68-74(80)69-91-96(85,86)92-70-75(81)71-93-97(87,88)94-73-76(95-79(84)67-64-61-58-55-52-49-46-41-30-27-24-21-18-15-12-9-6-3)72-90-78(83)66-63-60-57-54-51-48-45-42-39-32-29-26-23-20-17-14-11-8-5-2/h7-12,16-21,25-30,33-34,36-37,39-40,42-43,46,48-49,51,55,58,74-76,80-81H,4-6,13-15,22-24,31-32,35,38,41,44-45,47,50,52-54,56-57,59-73H2,1-3H3,(H,85,86)(H,87,88)/b10-7-,11-8-,12-9-,19-16-,20-17-,21-18-,28-25-,29-26-,30-27-,34-33-,37-36-,42-39-,43-40-,49-46-,51-48-,58-55-. The van der Waals surface area contributed by atoms with Crippen LogP contribution in [0.1, 0.15) is 226 Å². The molecular weight excluding hydrogens is 1270 g/mol. The Kier molecular flexibility index (Phi) is 66.2. The molecule has 0 aliphatic carbocycles. The van der Waals surface area contributed by atoms with Crippen LogP contribution >= 0.6 is 15.6 Å². The van der Waals surface area contributed by atoms with E-state index in [9.17, 15) is 43.5 Å². The van der Waals surface area contributed by atoms with Crippen molar-refractivity contribution in [3.8, 4) is 0 Å². The predicted molar refractivity (Wildman–Crippen MR) is 398 cm³/mol. The van der Waals surface area contributed by atoms with Gasteiger partial charge in [0.1, 0.15) is 25.4 Å². The molecule has 5 unspecified atom stereocenters. The summed E-state index contributed by atoms with van der Waals surface area (Å²) in [5.74, 6) is -1.72. The van der Waals surface area contributed by atoms with Gasteiger partial charge in [-0.3, -0.25) is 32.5 Å². The van der Waals surface area contributed by atoms with E-state index in [0.29, 0.717) is 25.7 Å². The fraction of sp³-hybridized carbons (Fsp3) is 0.557. The van der Waals surface area contributed by atoms with Crippen molar-refractivity contribution in [1.82, 2.24) is 0 Å². The minimum Gasteiger partial charge on any atom is -0.463 e. The summed E-state index contributed by atoms with van der Waals surface area (Å²) in [5.41, 5.74) is 0. The Hall–Kier alpha value is -5.61. The minimum absolute atomic E-state index is 0.00968. The van der Waals surface area contributed by atoms with Crippen molar-refractivity contribution in [2.24, 2.45) is 0 Å². The number of aliphatic hydroxyl groups is 2. The molecule has 0 aliphatic heterocycles. The molecule has 0 amide bonds. The van der Waals surface area contributed by atoms with E-state index in [1.165, 1.54) is 0 Å². The third kappa shape index (κ3) is 71.5. The van der Waals surface area contributed by atoms with E-state index in [2.05, 4.69) is 203 Å². The number of ether oxygens (including phenoxy) is 3. The van der Waals surface area contributed by atoms with Crippen LogP contribution in [0.3, 0.4) is 0 Å². The van der Waals surface area contributed by atoms with Crippen molar-refractivity contribution in [3.63, 3.8) is 0 Å². The van der Waals surface area contributed by atoms with Crippen molar-refractivity contribution in [3.05, 3.63) is 194 Å².